The van der Waals surface area contributed by atoms with Gasteiger partial charge in [-0.25, -0.2) is 4.79 Å². The average Bonchev–Trinajstić information content (AvgIpc) is 2.51. The highest BCUT2D eigenvalue weighted by Crippen LogP contribution is 2.06. The number of carboxylic acid groups (broad SMARTS) is 1. The summed E-state index contributed by atoms with van der Waals surface area (Å²) in [6, 6.07) is 7.24. The van der Waals surface area contributed by atoms with E-state index in [1.165, 1.54) is 0 Å². The highest BCUT2D eigenvalue weighted by molar-refractivity contribution is 5.91. The second-order valence-corrected chi connectivity index (χ2v) is 5.58. The molecule has 0 saturated heterocycles. The summed E-state index contributed by atoms with van der Waals surface area (Å²) in [4.78, 5) is 35.1. The van der Waals surface area contributed by atoms with E-state index < -0.39 is 29.9 Å². The summed E-state index contributed by atoms with van der Waals surface area (Å²) in [5, 5.41) is 14.2. The van der Waals surface area contributed by atoms with Crippen molar-refractivity contribution in [2.24, 2.45) is 11.7 Å². The number of nitrogens with two attached hydrogens (primary N) is 1. The van der Waals surface area contributed by atoms with Crippen molar-refractivity contribution in [2.75, 3.05) is 6.54 Å². The Hall–Kier alpha value is -2.41. The Morgan fingerprint density at radius 3 is 2.22 bits per heavy atom. The van der Waals surface area contributed by atoms with E-state index >= 15 is 0 Å². The monoisotopic (exact) mass is 321 g/mol. The second kappa shape index (κ2) is 8.89. The molecular weight excluding hydrogens is 298 g/mol. The SMILES string of the molecule is CC(C)[C@H](NC(=O)[C@H](Cc1ccccc1)NC(=O)CN)C(=O)O. The summed E-state index contributed by atoms with van der Waals surface area (Å²) in [5.41, 5.74) is 6.12. The van der Waals surface area contributed by atoms with Gasteiger partial charge in [0.15, 0.2) is 0 Å². The van der Waals surface area contributed by atoms with E-state index in [-0.39, 0.29) is 18.9 Å². The van der Waals surface area contributed by atoms with Crippen molar-refractivity contribution in [3.8, 4) is 0 Å². The Kier molecular flexibility index (Phi) is 7.21. The number of aliphatic carboxylic acids is 1. The van der Waals surface area contributed by atoms with Gasteiger partial charge in [0.1, 0.15) is 12.1 Å². The number of hydrogen-bond acceptors (Lipinski definition) is 4. The van der Waals surface area contributed by atoms with Gasteiger partial charge in [-0.3, -0.25) is 9.59 Å². The maximum atomic E-state index is 12.4. The van der Waals surface area contributed by atoms with Crippen LogP contribution in [0.4, 0.5) is 0 Å². The van der Waals surface area contributed by atoms with Crippen LogP contribution in [-0.4, -0.2) is 41.5 Å². The average molecular weight is 321 g/mol. The van der Waals surface area contributed by atoms with Gasteiger partial charge in [-0.2, -0.15) is 0 Å². The van der Waals surface area contributed by atoms with Gasteiger partial charge in [-0.05, 0) is 11.5 Å². The molecule has 0 fully saturated rings. The van der Waals surface area contributed by atoms with Gasteiger partial charge in [0.2, 0.25) is 11.8 Å². The van der Waals surface area contributed by atoms with Gasteiger partial charge < -0.3 is 21.5 Å². The second-order valence-electron chi connectivity index (χ2n) is 5.58. The van der Waals surface area contributed by atoms with Crippen LogP contribution < -0.4 is 16.4 Å². The van der Waals surface area contributed by atoms with Crippen molar-refractivity contribution in [1.29, 1.82) is 0 Å². The zero-order valence-corrected chi connectivity index (χ0v) is 13.3. The molecule has 0 aliphatic carbocycles. The molecule has 0 aromatic heterocycles. The lowest BCUT2D eigenvalue weighted by Crippen LogP contribution is -2.54. The zero-order chi connectivity index (χ0) is 17.4. The van der Waals surface area contributed by atoms with Crippen LogP contribution >= 0.6 is 0 Å². The summed E-state index contributed by atoms with van der Waals surface area (Å²) in [7, 11) is 0. The van der Waals surface area contributed by atoms with Gasteiger partial charge in [0.05, 0.1) is 6.54 Å². The van der Waals surface area contributed by atoms with Crippen molar-refractivity contribution in [2.45, 2.75) is 32.4 Å². The summed E-state index contributed by atoms with van der Waals surface area (Å²) < 4.78 is 0. The smallest absolute Gasteiger partial charge is 0.326 e. The van der Waals surface area contributed by atoms with Gasteiger partial charge >= 0.3 is 5.97 Å². The van der Waals surface area contributed by atoms with Gasteiger partial charge in [0.25, 0.3) is 0 Å². The lowest BCUT2D eigenvalue weighted by molar-refractivity contribution is -0.143. The van der Waals surface area contributed by atoms with Crippen LogP contribution in [0, 0.1) is 5.92 Å². The molecule has 23 heavy (non-hydrogen) atoms. The Bertz CT molecular complexity index is 546. The van der Waals surface area contributed by atoms with E-state index in [1.54, 1.807) is 13.8 Å². The van der Waals surface area contributed by atoms with Crippen LogP contribution in [0.5, 0.6) is 0 Å². The highest BCUT2D eigenvalue weighted by Gasteiger charge is 2.28. The Balaban J connectivity index is 2.87. The molecule has 2 atom stereocenters. The van der Waals surface area contributed by atoms with Crippen molar-refractivity contribution in [3.63, 3.8) is 0 Å². The molecular formula is C16H23N3O4. The molecule has 5 N–H and O–H groups in total. The maximum absolute atomic E-state index is 12.4. The first-order valence-electron chi connectivity index (χ1n) is 7.41. The quantitative estimate of drug-likeness (QED) is 0.532. The predicted octanol–water partition coefficient (Wildman–Crippen LogP) is -0.102. The molecule has 2 amide bonds. The Labute approximate surface area is 135 Å². The van der Waals surface area contributed by atoms with Crippen LogP contribution in [0.3, 0.4) is 0 Å². The first-order valence-corrected chi connectivity index (χ1v) is 7.41. The first-order chi connectivity index (χ1) is 10.8. The van der Waals surface area contributed by atoms with Gasteiger partial charge in [0, 0.05) is 6.42 Å². The first kappa shape index (κ1) is 18.6. The third-order valence-electron chi connectivity index (χ3n) is 3.35. The largest absolute Gasteiger partial charge is 0.480 e. The van der Waals surface area contributed by atoms with Crippen molar-refractivity contribution in [3.05, 3.63) is 35.9 Å². The molecule has 1 rings (SSSR count). The third-order valence-corrected chi connectivity index (χ3v) is 3.35. The predicted molar refractivity (Wildman–Crippen MR) is 85.5 cm³/mol. The van der Waals surface area contributed by atoms with Crippen LogP contribution in [0.25, 0.3) is 0 Å². The molecule has 126 valence electrons. The molecule has 7 nitrogen and oxygen atoms in total. The van der Waals surface area contributed by atoms with Gasteiger partial charge in [-0.15, -0.1) is 0 Å². The topological polar surface area (TPSA) is 122 Å². The van der Waals surface area contributed by atoms with Crippen LogP contribution in [0.1, 0.15) is 19.4 Å². The number of carbonyl (C=O) groups is 3. The van der Waals surface area contributed by atoms with Crippen LogP contribution in [0.2, 0.25) is 0 Å². The molecule has 0 radical (unpaired) electrons. The zero-order valence-electron chi connectivity index (χ0n) is 13.3. The lowest BCUT2D eigenvalue weighted by Gasteiger charge is -2.23. The van der Waals surface area contributed by atoms with E-state index in [9.17, 15) is 19.5 Å². The molecule has 0 unspecified atom stereocenters. The molecule has 1 aromatic carbocycles. The van der Waals surface area contributed by atoms with Crippen LogP contribution in [0.15, 0.2) is 30.3 Å². The number of amides is 2. The molecule has 0 saturated carbocycles. The maximum Gasteiger partial charge on any atom is 0.326 e. The molecule has 0 heterocycles. The molecule has 0 aliphatic heterocycles. The van der Waals surface area contributed by atoms with Crippen LogP contribution in [-0.2, 0) is 20.8 Å². The third kappa shape index (κ3) is 6.07. The minimum absolute atomic E-state index is 0.245. The Morgan fingerprint density at radius 2 is 1.74 bits per heavy atom. The molecule has 7 heteroatoms. The molecule has 0 spiro atoms. The van der Waals surface area contributed by atoms with Crippen molar-refractivity contribution in [1.82, 2.24) is 10.6 Å². The molecule has 1 aromatic rings. The van der Waals surface area contributed by atoms with Gasteiger partial charge in [-0.1, -0.05) is 44.2 Å². The fourth-order valence-corrected chi connectivity index (χ4v) is 2.08. The van der Waals surface area contributed by atoms with E-state index in [0.717, 1.165) is 5.56 Å². The van der Waals surface area contributed by atoms with E-state index in [0.29, 0.717) is 0 Å². The summed E-state index contributed by atoms with van der Waals surface area (Å²) in [6.07, 6.45) is 0.253. The minimum atomic E-state index is -1.11. The number of carboxylic acids is 1. The fourth-order valence-electron chi connectivity index (χ4n) is 2.08. The standard InChI is InChI=1S/C16H23N3O4/c1-10(2)14(16(22)23)19-15(21)12(18-13(20)9-17)8-11-6-4-3-5-7-11/h3-7,10,12,14H,8-9,17H2,1-2H3,(H,18,20)(H,19,21)(H,22,23)/t12-,14-/m0/s1. The fraction of sp³-hybridized carbons (Fsp3) is 0.438. The lowest BCUT2D eigenvalue weighted by atomic mass is 10.0. The number of hydrogen-bond donors (Lipinski definition) is 4. The highest BCUT2D eigenvalue weighted by atomic mass is 16.4. The minimum Gasteiger partial charge on any atom is -0.480 e. The number of nitrogens with one attached hydrogen (secondary N) is 2. The van der Waals surface area contributed by atoms with E-state index in [4.69, 9.17) is 5.73 Å². The van der Waals surface area contributed by atoms with E-state index in [2.05, 4.69) is 10.6 Å². The normalized spacial score (nSPS) is 13.2. The molecule has 0 bridgehead atoms. The summed E-state index contributed by atoms with van der Waals surface area (Å²) in [5.74, 6) is -2.41. The summed E-state index contributed by atoms with van der Waals surface area (Å²) in [6.45, 7) is 3.15. The van der Waals surface area contributed by atoms with E-state index in [1.807, 2.05) is 30.3 Å². The number of rotatable bonds is 8. The Morgan fingerprint density at radius 1 is 1.13 bits per heavy atom. The van der Waals surface area contributed by atoms with Crippen molar-refractivity contribution >= 4 is 17.8 Å². The summed E-state index contributed by atoms with van der Waals surface area (Å²) >= 11 is 0. The number of carbonyl (C=O) groups excluding carboxylic acids is 2. The van der Waals surface area contributed by atoms with Crippen molar-refractivity contribution < 1.29 is 19.5 Å². The number of benzene rings is 1. The molecule has 0 aliphatic rings.